The van der Waals surface area contributed by atoms with Crippen LogP contribution in [-0.2, 0) is 12.8 Å². The number of allylic oxidation sites excluding steroid dienone is 2. The molecule has 0 amide bonds. The monoisotopic (exact) mass is 216 g/mol. The van der Waals surface area contributed by atoms with E-state index in [0.717, 1.165) is 12.3 Å². The van der Waals surface area contributed by atoms with E-state index in [9.17, 15) is 0 Å². The number of hydrogen-bond donors (Lipinski definition) is 0. The Morgan fingerprint density at radius 2 is 2.25 bits per heavy atom. The molecule has 2 aliphatic carbocycles. The molecule has 0 radical (unpaired) electrons. The summed E-state index contributed by atoms with van der Waals surface area (Å²) in [6.07, 6.45) is 9.20. The van der Waals surface area contributed by atoms with Gasteiger partial charge in [-0.25, -0.2) is 0 Å². The van der Waals surface area contributed by atoms with Crippen LogP contribution in [0.25, 0.3) is 0 Å². The highest BCUT2D eigenvalue weighted by molar-refractivity contribution is 5.39. The quantitative estimate of drug-likeness (QED) is 0.596. The molecule has 1 heterocycles. The molecule has 0 saturated heterocycles. The molecule has 0 N–H and O–H groups in total. The zero-order valence-electron chi connectivity index (χ0n) is 10.5. The summed E-state index contributed by atoms with van der Waals surface area (Å²) < 4.78 is 5.68. The van der Waals surface area contributed by atoms with Gasteiger partial charge in [-0.1, -0.05) is 25.5 Å². The minimum absolute atomic E-state index is 0.389. The summed E-state index contributed by atoms with van der Waals surface area (Å²) in [5.41, 5.74) is 4.83. The number of aryl methyl sites for hydroxylation is 1. The maximum absolute atomic E-state index is 5.68. The van der Waals surface area contributed by atoms with Gasteiger partial charge in [-0.15, -0.1) is 0 Å². The van der Waals surface area contributed by atoms with Crippen LogP contribution in [0.3, 0.4) is 0 Å². The van der Waals surface area contributed by atoms with Gasteiger partial charge in [0.05, 0.1) is 6.26 Å². The Morgan fingerprint density at radius 3 is 3.06 bits per heavy atom. The van der Waals surface area contributed by atoms with Crippen molar-refractivity contribution < 1.29 is 4.42 Å². The predicted octanol–water partition coefficient (Wildman–Crippen LogP) is 4.05. The van der Waals surface area contributed by atoms with Gasteiger partial charge in [0.15, 0.2) is 0 Å². The summed E-state index contributed by atoms with van der Waals surface area (Å²) in [6, 6.07) is 0. The Kier molecular flexibility index (Phi) is 2.07. The number of rotatable bonds is 0. The molecule has 0 saturated carbocycles. The average molecular weight is 216 g/mol. The van der Waals surface area contributed by atoms with Crippen molar-refractivity contribution in [3.05, 3.63) is 34.8 Å². The third-order valence-corrected chi connectivity index (χ3v) is 4.90. The molecule has 0 aromatic carbocycles. The first kappa shape index (κ1) is 10.2. The standard InChI is InChI=1S/C15H20O/c1-10-9-16-14-7-12-6-4-5-11(2)15(12,3)8-13(10)14/h6,9,11H,4-5,7-8H2,1-3H3. The smallest absolute Gasteiger partial charge is 0.111 e. The second kappa shape index (κ2) is 3.26. The van der Waals surface area contributed by atoms with Crippen molar-refractivity contribution in [3.63, 3.8) is 0 Å². The van der Waals surface area contributed by atoms with E-state index in [1.54, 1.807) is 5.57 Å². The molecule has 1 nitrogen and oxygen atoms in total. The van der Waals surface area contributed by atoms with E-state index in [1.165, 1.54) is 36.1 Å². The summed E-state index contributed by atoms with van der Waals surface area (Å²) in [4.78, 5) is 0. The molecule has 2 aliphatic rings. The number of furan rings is 1. The van der Waals surface area contributed by atoms with Gasteiger partial charge in [0.2, 0.25) is 0 Å². The van der Waals surface area contributed by atoms with Gasteiger partial charge in [0, 0.05) is 6.42 Å². The molecular formula is C15H20O. The summed E-state index contributed by atoms with van der Waals surface area (Å²) in [5.74, 6) is 2.02. The van der Waals surface area contributed by atoms with Crippen LogP contribution in [0.15, 0.2) is 22.3 Å². The maximum Gasteiger partial charge on any atom is 0.111 e. The average Bonchev–Trinajstić information content (AvgIpc) is 2.59. The lowest BCUT2D eigenvalue weighted by atomic mass is 9.60. The van der Waals surface area contributed by atoms with E-state index in [2.05, 4.69) is 26.8 Å². The number of fused-ring (bicyclic) bond motifs is 2. The summed E-state index contributed by atoms with van der Waals surface area (Å²) in [7, 11) is 0. The first-order chi connectivity index (χ1) is 7.61. The Balaban J connectivity index is 2.09. The summed E-state index contributed by atoms with van der Waals surface area (Å²) >= 11 is 0. The largest absolute Gasteiger partial charge is 0.468 e. The van der Waals surface area contributed by atoms with Crippen LogP contribution in [0.1, 0.15) is 43.6 Å². The normalized spacial score (nSPS) is 32.9. The Morgan fingerprint density at radius 1 is 1.44 bits per heavy atom. The minimum atomic E-state index is 0.389. The molecule has 0 aliphatic heterocycles. The third-order valence-electron chi connectivity index (χ3n) is 4.90. The van der Waals surface area contributed by atoms with Gasteiger partial charge in [-0.3, -0.25) is 0 Å². The fourth-order valence-corrected chi connectivity index (χ4v) is 3.39. The van der Waals surface area contributed by atoms with Crippen LogP contribution in [0.5, 0.6) is 0 Å². The molecule has 86 valence electrons. The fourth-order valence-electron chi connectivity index (χ4n) is 3.39. The van der Waals surface area contributed by atoms with Gasteiger partial charge < -0.3 is 4.42 Å². The number of hydrogen-bond acceptors (Lipinski definition) is 1. The van der Waals surface area contributed by atoms with E-state index in [-0.39, 0.29) is 0 Å². The predicted molar refractivity (Wildman–Crippen MR) is 65.4 cm³/mol. The van der Waals surface area contributed by atoms with Crippen molar-refractivity contribution in [3.8, 4) is 0 Å². The van der Waals surface area contributed by atoms with E-state index in [1.807, 2.05) is 6.26 Å². The van der Waals surface area contributed by atoms with E-state index >= 15 is 0 Å². The van der Waals surface area contributed by atoms with Crippen LogP contribution in [0, 0.1) is 18.3 Å². The molecule has 1 aromatic rings. The van der Waals surface area contributed by atoms with Gasteiger partial charge in [0.25, 0.3) is 0 Å². The van der Waals surface area contributed by atoms with Crippen LogP contribution in [-0.4, -0.2) is 0 Å². The van der Waals surface area contributed by atoms with Crippen molar-refractivity contribution in [2.75, 3.05) is 0 Å². The van der Waals surface area contributed by atoms with Crippen molar-refractivity contribution in [1.82, 2.24) is 0 Å². The van der Waals surface area contributed by atoms with E-state index < -0.39 is 0 Å². The molecule has 0 fully saturated rings. The van der Waals surface area contributed by atoms with Gasteiger partial charge >= 0.3 is 0 Å². The highest BCUT2D eigenvalue weighted by atomic mass is 16.3. The van der Waals surface area contributed by atoms with Crippen LogP contribution >= 0.6 is 0 Å². The lowest BCUT2D eigenvalue weighted by Crippen LogP contribution is -2.36. The second-order valence-electron chi connectivity index (χ2n) is 5.80. The molecule has 0 spiro atoms. The van der Waals surface area contributed by atoms with Crippen LogP contribution in [0.4, 0.5) is 0 Å². The highest BCUT2D eigenvalue weighted by Crippen LogP contribution is 2.49. The topological polar surface area (TPSA) is 13.1 Å². The third kappa shape index (κ3) is 1.24. The van der Waals surface area contributed by atoms with Gasteiger partial charge in [-0.05, 0) is 48.6 Å². The fraction of sp³-hybridized carbons (Fsp3) is 0.600. The lowest BCUT2D eigenvalue weighted by molar-refractivity contribution is 0.209. The van der Waals surface area contributed by atoms with E-state index in [0.29, 0.717) is 5.41 Å². The Hall–Kier alpha value is -0.980. The molecular weight excluding hydrogens is 196 g/mol. The second-order valence-corrected chi connectivity index (χ2v) is 5.80. The van der Waals surface area contributed by atoms with Crippen molar-refractivity contribution in [2.45, 2.75) is 46.5 Å². The van der Waals surface area contributed by atoms with Crippen molar-refractivity contribution in [1.29, 1.82) is 0 Å². The zero-order chi connectivity index (χ0) is 11.3. The molecule has 0 bridgehead atoms. The molecule has 2 unspecified atom stereocenters. The van der Waals surface area contributed by atoms with Crippen LogP contribution < -0.4 is 0 Å². The molecule has 3 rings (SSSR count). The van der Waals surface area contributed by atoms with E-state index in [4.69, 9.17) is 4.42 Å². The molecule has 2 atom stereocenters. The first-order valence-electron chi connectivity index (χ1n) is 6.36. The van der Waals surface area contributed by atoms with Crippen molar-refractivity contribution in [2.24, 2.45) is 11.3 Å². The Labute approximate surface area is 97.5 Å². The van der Waals surface area contributed by atoms with Gasteiger partial charge in [-0.2, -0.15) is 0 Å². The first-order valence-corrected chi connectivity index (χ1v) is 6.36. The highest BCUT2D eigenvalue weighted by Gasteiger charge is 2.41. The Bertz CT molecular complexity index is 452. The summed E-state index contributed by atoms with van der Waals surface area (Å²) in [5, 5.41) is 0. The molecule has 1 aromatic heterocycles. The maximum atomic E-state index is 5.68. The molecule has 1 heteroatoms. The summed E-state index contributed by atoms with van der Waals surface area (Å²) in [6.45, 7) is 7.03. The lowest BCUT2D eigenvalue weighted by Gasteiger charge is -2.44. The SMILES string of the molecule is Cc1coc2c1CC1(C)C(=CCCC1C)C2. The van der Waals surface area contributed by atoms with Gasteiger partial charge in [0.1, 0.15) is 5.76 Å². The molecule has 16 heavy (non-hydrogen) atoms. The van der Waals surface area contributed by atoms with Crippen molar-refractivity contribution >= 4 is 0 Å². The zero-order valence-corrected chi connectivity index (χ0v) is 10.5. The minimum Gasteiger partial charge on any atom is -0.468 e. The van der Waals surface area contributed by atoms with Crippen LogP contribution in [0.2, 0.25) is 0 Å².